The highest BCUT2D eigenvalue weighted by Crippen LogP contribution is 2.38. The second-order valence-electron chi connectivity index (χ2n) is 5.35. The Hall–Kier alpha value is -0.930. The smallest absolute Gasteiger partial charge is 0.141 e. The van der Waals surface area contributed by atoms with Crippen LogP contribution in [0, 0.1) is 0 Å². The summed E-state index contributed by atoms with van der Waals surface area (Å²) in [6.07, 6.45) is 3.96. The standard InChI is InChI=1S/C17H28ClNO2/c1-4-9-20-16-12-17(21-10-5-2)15(18)11-14(16)13(3)7-6-8-19/h11-13H,4-10,19H2,1-3H3. The Morgan fingerprint density at radius 1 is 1.10 bits per heavy atom. The molecule has 21 heavy (non-hydrogen) atoms. The molecule has 4 heteroatoms. The summed E-state index contributed by atoms with van der Waals surface area (Å²) < 4.78 is 11.6. The van der Waals surface area contributed by atoms with E-state index in [9.17, 15) is 0 Å². The minimum absolute atomic E-state index is 0.373. The van der Waals surface area contributed by atoms with Crippen LogP contribution in [-0.2, 0) is 0 Å². The van der Waals surface area contributed by atoms with Crippen molar-refractivity contribution in [2.75, 3.05) is 19.8 Å². The highest BCUT2D eigenvalue weighted by molar-refractivity contribution is 6.32. The van der Waals surface area contributed by atoms with Crippen LogP contribution in [0.5, 0.6) is 11.5 Å². The Morgan fingerprint density at radius 3 is 2.29 bits per heavy atom. The van der Waals surface area contributed by atoms with E-state index in [-0.39, 0.29) is 0 Å². The van der Waals surface area contributed by atoms with E-state index in [1.807, 2.05) is 12.1 Å². The lowest BCUT2D eigenvalue weighted by Crippen LogP contribution is -2.06. The van der Waals surface area contributed by atoms with Crippen LogP contribution in [0.4, 0.5) is 0 Å². The van der Waals surface area contributed by atoms with E-state index in [1.54, 1.807) is 0 Å². The maximum Gasteiger partial charge on any atom is 0.141 e. The molecular weight excluding hydrogens is 286 g/mol. The highest BCUT2D eigenvalue weighted by Gasteiger charge is 2.16. The molecule has 0 spiro atoms. The molecule has 0 aliphatic rings. The Balaban J connectivity index is 3.00. The zero-order valence-electron chi connectivity index (χ0n) is 13.5. The molecule has 0 fully saturated rings. The first-order chi connectivity index (χ1) is 10.1. The van der Waals surface area contributed by atoms with Gasteiger partial charge >= 0.3 is 0 Å². The summed E-state index contributed by atoms with van der Waals surface area (Å²) in [4.78, 5) is 0. The van der Waals surface area contributed by atoms with Crippen LogP contribution in [0.1, 0.15) is 57.9 Å². The van der Waals surface area contributed by atoms with Gasteiger partial charge in [0.25, 0.3) is 0 Å². The van der Waals surface area contributed by atoms with Crippen molar-refractivity contribution in [1.29, 1.82) is 0 Å². The average Bonchev–Trinajstić information content (AvgIpc) is 2.49. The predicted molar refractivity (Wildman–Crippen MR) is 89.7 cm³/mol. The summed E-state index contributed by atoms with van der Waals surface area (Å²) in [7, 11) is 0. The van der Waals surface area contributed by atoms with Crippen LogP contribution in [0.3, 0.4) is 0 Å². The third-order valence-corrected chi connectivity index (χ3v) is 3.66. The topological polar surface area (TPSA) is 44.5 Å². The van der Waals surface area contributed by atoms with Crippen molar-refractivity contribution in [1.82, 2.24) is 0 Å². The normalized spacial score (nSPS) is 12.2. The van der Waals surface area contributed by atoms with Crippen molar-refractivity contribution in [2.45, 2.75) is 52.4 Å². The summed E-state index contributed by atoms with van der Waals surface area (Å²) in [6.45, 7) is 8.43. The number of halogens is 1. The first-order valence-corrected chi connectivity index (χ1v) is 8.30. The van der Waals surface area contributed by atoms with Gasteiger partial charge in [0.15, 0.2) is 0 Å². The number of benzene rings is 1. The van der Waals surface area contributed by atoms with Crippen LogP contribution in [-0.4, -0.2) is 19.8 Å². The number of ether oxygens (including phenoxy) is 2. The first-order valence-electron chi connectivity index (χ1n) is 7.93. The van der Waals surface area contributed by atoms with E-state index in [2.05, 4.69) is 20.8 Å². The van der Waals surface area contributed by atoms with Crippen molar-refractivity contribution >= 4 is 11.6 Å². The SMILES string of the molecule is CCCOc1cc(OCCC)c(C(C)CCCN)cc1Cl. The van der Waals surface area contributed by atoms with Gasteiger partial charge < -0.3 is 15.2 Å². The lowest BCUT2D eigenvalue weighted by atomic mass is 9.95. The van der Waals surface area contributed by atoms with Crippen LogP contribution >= 0.6 is 11.6 Å². The van der Waals surface area contributed by atoms with Crippen molar-refractivity contribution in [2.24, 2.45) is 5.73 Å². The molecule has 0 aliphatic carbocycles. The predicted octanol–water partition coefficient (Wildman–Crippen LogP) is 4.76. The van der Waals surface area contributed by atoms with E-state index in [1.165, 1.54) is 0 Å². The van der Waals surface area contributed by atoms with E-state index in [0.717, 1.165) is 37.0 Å². The van der Waals surface area contributed by atoms with Gasteiger partial charge in [0.1, 0.15) is 11.5 Å². The fourth-order valence-electron chi connectivity index (χ4n) is 2.17. The number of hydrogen-bond donors (Lipinski definition) is 1. The molecule has 0 amide bonds. The van der Waals surface area contributed by atoms with E-state index in [0.29, 0.717) is 36.4 Å². The zero-order valence-corrected chi connectivity index (χ0v) is 14.2. The Bertz CT molecular complexity index is 423. The number of rotatable bonds is 10. The van der Waals surface area contributed by atoms with Gasteiger partial charge in [0.05, 0.1) is 18.2 Å². The lowest BCUT2D eigenvalue weighted by molar-refractivity contribution is 0.298. The third-order valence-electron chi connectivity index (χ3n) is 3.36. The lowest BCUT2D eigenvalue weighted by Gasteiger charge is -2.19. The van der Waals surface area contributed by atoms with Crippen LogP contribution < -0.4 is 15.2 Å². The van der Waals surface area contributed by atoms with Crippen LogP contribution in [0.15, 0.2) is 12.1 Å². The largest absolute Gasteiger partial charge is 0.493 e. The summed E-state index contributed by atoms with van der Waals surface area (Å²) in [6, 6.07) is 3.92. The van der Waals surface area contributed by atoms with Crippen molar-refractivity contribution < 1.29 is 9.47 Å². The van der Waals surface area contributed by atoms with E-state index < -0.39 is 0 Å². The zero-order chi connectivity index (χ0) is 15.7. The van der Waals surface area contributed by atoms with Gasteiger partial charge in [-0.1, -0.05) is 32.4 Å². The fraction of sp³-hybridized carbons (Fsp3) is 0.647. The van der Waals surface area contributed by atoms with Gasteiger partial charge in [-0.25, -0.2) is 0 Å². The van der Waals surface area contributed by atoms with Crippen molar-refractivity contribution in [3.63, 3.8) is 0 Å². The van der Waals surface area contributed by atoms with Gasteiger partial charge in [-0.05, 0) is 49.8 Å². The van der Waals surface area contributed by atoms with Gasteiger partial charge in [-0.3, -0.25) is 0 Å². The highest BCUT2D eigenvalue weighted by atomic mass is 35.5. The monoisotopic (exact) mass is 313 g/mol. The molecule has 120 valence electrons. The second-order valence-corrected chi connectivity index (χ2v) is 5.76. The Kier molecular flexibility index (Phi) is 8.55. The molecule has 1 aromatic carbocycles. The minimum Gasteiger partial charge on any atom is -0.493 e. The number of nitrogens with two attached hydrogens (primary N) is 1. The fourth-order valence-corrected chi connectivity index (χ4v) is 2.40. The second kappa shape index (κ2) is 9.91. The van der Waals surface area contributed by atoms with Crippen LogP contribution in [0.25, 0.3) is 0 Å². The van der Waals surface area contributed by atoms with Gasteiger partial charge in [-0.2, -0.15) is 0 Å². The molecule has 0 saturated carbocycles. The maximum atomic E-state index is 6.34. The van der Waals surface area contributed by atoms with E-state index >= 15 is 0 Å². The molecule has 0 aliphatic heterocycles. The Morgan fingerprint density at radius 2 is 1.71 bits per heavy atom. The summed E-state index contributed by atoms with van der Waals surface area (Å²) >= 11 is 6.34. The molecule has 0 heterocycles. The molecule has 3 nitrogen and oxygen atoms in total. The number of hydrogen-bond acceptors (Lipinski definition) is 3. The molecule has 0 aromatic heterocycles. The summed E-state index contributed by atoms with van der Waals surface area (Å²) in [5, 5.41) is 0.655. The van der Waals surface area contributed by atoms with E-state index in [4.69, 9.17) is 26.8 Å². The van der Waals surface area contributed by atoms with Crippen molar-refractivity contribution in [3.8, 4) is 11.5 Å². The molecular formula is C17H28ClNO2. The minimum atomic E-state index is 0.373. The molecule has 0 saturated heterocycles. The summed E-state index contributed by atoms with van der Waals surface area (Å²) in [5.74, 6) is 1.97. The quantitative estimate of drug-likeness (QED) is 0.677. The van der Waals surface area contributed by atoms with Gasteiger partial charge in [-0.15, -0.1) is 0 Å². The van der Waals surface area contributed by atoms with Crippen molar-refractivity contribution in [3.05, 3.63) is 22.7 Å². The first kappa shape index (κ1) is 18.1. The average molecular weight is 314 g/mol. The van der Waals surface area contributed by atoms with Crippen LogP contribution in [0.2, 0.25) is 5.02 Å². The summed E-state index contributed by atoms with van der Waals surface area (Å²) in [5.41, 5.74) is 6.75. The third kappa shape index (κ3) is 5.76. The molecule has 1 rings (SSSR count). The molecule has 2 N–H and O–H groups in total. The molecule has 0 bridgehead atoms. The molecule has 1 aromatic rings. The van der Waals surface area contributed by atoms with Gasteiger partial charge in [0, 0.05) is 6.07 Å². The molecule has 1 unspecified atom stereocenters. The molecule has 0 radical (unpaired) electrons. The molecule has 1 atom stereocenters. The van der Waals surface area contributed by atoms with Gasteiger partial charge in [0.2, 0.25) is 0 Å². The maximum absolute atomic E-state index is 6.34. The Labute approximate surface area is 133 Å².